The van der Waals surface area contributed by atoms with Crippen LogP contribution in [0.4, 0.5) is 4.39 Å². The van der Waals surface area contributed by atoms with Gasteiger partial charge in [-0.1, -0.05) is 12.1 Å². The molecule has 1 saturated carbocycles. The molecule has 0 spiro atoms. The highest BCUT2D eigenvalue weighted by molar-refractivity contribution is 7.15. The number of carbonyl (C=O) groups is 2. The number of halogens is 1. The largest absolute Gasteiger partial charge is 0.330 e. The third-order valence-corrected chi connectivity index (χ3v) is 5.88. The van der Waals surface area contributed by atoms with Crippen LogP contribution in [0, 0.1) is 5.82 Å². The maximum Gasteiger partial charge on any atom is 0.312 e. The van der Waals surface area contributed by atoms with Crippen molar-refractivity contribution in [3.63, 3.8) is 0 Å². The molecule has 0 atom stereocenters. The number of hydrogen-bond donors (Lipinski definition) is 0. The quantitative estimate of drug-likeness (QED) is 0.789. The first-order valence-corrected chi connectivity index (χ1v) is 9.24. The average molecular weight is 359 g/mol. The molecule has 1 saturated heterocycles. The monoisotopic (exact) mass is 359 g/mol. The smallest absolute Gasteiger partial charge is 0.312 e. The number of amides is 2. The second-order valence-corrected chi connectivity index (χ2v) is 7.55. The lowest BCUT2D eigenvalue weighted by atomic mass is 9.91. The van der Waals surface area contributed by atoms with Crippen LogP contribution in [0.3, 0.4) is 0 Å². The van der Waals surface area contributed by atoms with E-state index in [0.29, 0.717) is 19.6 Å². The zero-order valence-corrected chi connectivity index (χ0v) is 14.5. The molecule has 2 fully saturated rings. The van der Waals surface area contributed by atoms with Crippen LogP contribution >= 0.6 is 11.3 Å². The standard InChI is InChI=1S/C18H18FN3O2S/c19-13-4-1-3-12(9-13)15-10-20-16(25-15)11-21-7-8-22(14-5-2-6-14)18(24)17(21)23/h1,3-4,9-10,14H,2,5-8,11H2. The van der Waals surface area contributed by atoms with E-state index in [0.717, 1.165) is 34.7 Å². The van der Waals surface area contributed by atoms with Gasteiger partial charge < -0.3 is 9.80 Å². The van der Waals surface area contributed by atoms with Gasteiger partial charge in [-0.3, -0.25) is 9.59 Å². The third-order valence-electron chi connectivity index (χ3n) is 4.85. The molecule has 0 N–H and O–H groups in total. The Morgan fingerprint density at radius 3 is 2.76 bits per heavy atom. The van der Waals surface area contributed by atoms with E-state index in [9.17, 15) is 14.0 Å². The van der Waals surface area contributed by atoms with Crippen molar-refractivity contribution in [2.24, 2.45) is 0 Å². The van der Waals surface area contributed by atoms with Gasteiger partial charge in [0.1, 0.15) is 10.8 Å². The highest BCUT2D eigenvalue weighted by atomic mass is 32.1. The van der Waals surface area contributed by atoms with E-state index in [4.69, 9.17) is 0 Å². The second-order valence-electron chi connectivity index (χ2n) is 6.44. The zero-order valence-electron chi connectivity index (χ0n) is 13.7. The van der Waals surface area contributed by atoms with Gasteiger partial charge in [0, 0.05) is 25.3 Å². The summed E-state index contributed by atoms with van der Waals surface area (Å²) in [5.74, 6) is -1.13. The summed E-state index contributed by atoms with van der Waals surface area (Å²) in [6, 6.07) is 6.59. The van der Waals surface area contributed by atoms with Gasteiger partial charge in [0.15, 0.2) is 0 Å². The van der Waals surface area contributed by atoms with Gasteiger partial charge >= 0.3 is 11.8 Å². The van der Waals surface area contributed by atoms with E-state index < -0.39 is 11.8 Å². The first-order chi connectivity index (χ1) is 12.1. The maximum atomic E-state index is 13.4. The molecule has 0 bridgehead atoms. The van der Waals surface area contributed by atoms with E-state index in [1.165, 1.54) is 23.5 Å². The molecule has 5 nitrogen and oxygen atoms in total. The Hall–Kier alpha value is -2.28. The Kier molecular flexibility index (Phi) is 4.25. The Balaban J connectivity index is 1.44. The van der Waals surface area contributed by atoms with E-state index in [1.54, 1.807) is 22.1 Å². The number of aromatic nitrogens is 1. The molecular formula is C18H18FN3O2S. The number of benzene rings is 1. The maximum absolute atomic E-state index is 13.4. The molecule has 1 aliphatic carbocycles. The predicted molar refractivity (Wildman–Crippen MR) is 92.3 cm³/mol. The molecule has 1 aromatic heterocycles. The van der Waals surface area contributed by atoms with Crippen LogP contribution in [-0.4, -0.2) is 45.7 Å². The summed E-state index contributed by atoms with van der Waals surface area (Å²) in [6.07, 6.45) is 4.82. The second kappa shape index (κ2) is 6.55. The lowest BCUT2D eigenvalue weighted by molar-refractivity contribution is -0.159. The number of rotatable bonds is 4. The van der Waals surface area contributed by atoms with Gasteiger partial charge in [-0.15, -0.1) is 11.3 Å². The number of piperazine rings is 1. The third kappa shape index (κ3) is 3.16. The van der Waals surface area contributed by atoms with Crippen LogP contribution in [0.15, 0.2) is 30.5 Å². The van der Waals surface area contributed by atoms with Crippen LogP contribution < -0.4 is 0 Å². The summed E-state index contributed by atoms with van der Waals surface area (Å²) in [5.41, 5.74) is 0.765. The molecule has 2 amide bonds. The van der Waals surface area contributed by atoms with Gasteiger partial charge in [-0.2, -0.15) is 0 Å². The molecule has 0 radical (unpaired) electrons. The summed E-state index contributed by atoms with van der Waals surface area (Å²) in [5, 5.41) is 0.748. The van der Waals surface area contributed by atoms with Crippen LogP contribution in [0.2, 0.25) is 0 Å². The first kappa shape index (κ1) is 16.2. The summed E-state index contributed by atoms with van der Waals surface area (Å²) in [4.78, 5) is 33.1. The minimum atomic E-state index is -0.444. The van der Waals surface area contributed by atoms with E-state index >= 15 is 0 Å². The molecule has 0 unspecified atom stereocenters. The Bertz CT molecular complexity index is 818. The van der Waals surface area contributed by atoms with Crippen LogP contribution in [0.1, 0.15) is 24.3 Å². The molecule has 2 heterocycles. The molecule has 25 heavy (non-hydrogen) atoms. The Labute approximate surface area is 149 Å². The number of hydrogen-bond acceptors (Lipinski definition) is 4. The highest BCUT2D eigenvalue weighted by Crippen LogP contribution is 2.29. The van der Waals surface area contributed by atoms with Gasteiger partial charge in [-0.05, 0) is 37.0 Å². The zero-order chi connectivity index (χ0) is 17.4. The lowest BCUT2D eigenvalue weighted by Crippen LogP contribution is -2.58. The number of thiazole rings is 1. The molecule has 4 rings (SSSR count). The van der Waals surface area contributed by atoms with E-state index in [2.05, 4.69) is 4.98 Å². The Morgan fingerprint density at radius 1 is 1.20 bits per heavy atom. The number of carbonyl (C=O) groups excluding carboxylic acids is 2. The topological polar surface area (TPSA) is 53.5 Å². The minimum absolute atomic E-state index is 0.248. The highest BCUT2D eigenvalue weighted by Gasteiger charge is 2.38. The average Bonchev–Trinajstić information content (AvgIpc) is 3.01. The molecule has 1 aliphatic heterocycles. The van der Waals surface area contributed by atoms with Crippen LogP contribution in [0.25, 0.3) is 10.4 Å². The molecule has 2 aliphatic rings. The summed E-state index contributed by atoms with van der Waals surface area (Å²) in [7, 11) is 0. The lowest BCUT2D eigenvalue weighted by Gasteiger charge is -2.41. The fraction of sp³-hybridized carbons (Fsp3) is 0.389. The van der Waals surface area contributed by atoms with E-state index in [-0.39, 0.29) is 11.9 Å². The summed E-state index contributed by atoms with van der Waals surface area (Å²) < 4.78 is 13.4. The van der Waals surface area contributed by atoms with Gasteiger partial charge in [0.05, 0.1) is 11.4 Å². The Morgan fingerprint density at radius 2 is 2.04 bits per heavy atom. The van der Waals surface area contributed by atoms with Crippen LogP contribution in [-0.2, 0) is 16.1 Å². The van der Waals surface area contributed by atoms with Crippen molar-refractivity contribution in [3.05, 3.63) is 41.3 Å². The fourth-order valence-electron chi connectivity index (χ4n) is 3.21. The van der Waals surface area contributed by atoms with Crippen molar-refractivity contribution in [2.45, 2.75) is 31.8 Å². The fourth-order valence-corrected chi connectivity index (χ4v) is 4.14. The van der Waals surface area contributed by atoms with Crippen molar-refractivity contribution < 1.29 is 14.0 Å². The molecule has 1 aromatic carbocycles. The minimum Gasteiger partial charge on any atom is -0.330 e. The van der Waals surface area contributed by atoms with Crippen molar-refractivity contribution in [1.82, 2.24) is 14.8 Å². The predicted octanol–water partition coefficient (Wildman–Crippen LogP) is 2.67. The van der Waals surface area contributed by atoms with Crippen molar-refractivity contribution in [2.75, 3.05) is 13.1 Å². The molecule has 2 aromatic rings. The van der Waals surface area contributed by atoms with Gasteiger partial charge in [0.2, 0.25) is 0 Å². The molecule has 7 heteroatoms. The van der Waals surface area contributed by atoms with Gasteiger partial charge in [0.25, 0.3) is 0 Å². The first-order valence-electron chi connectivity index (χ1n) is 8.42. The molecular weight excluding hydrogens is 341 g/mol. The van der Waals surface area contributed by atoms with Crippen molar-refractivity contribution >= 4 is 23.2 Å². The van der Waals surface area contributed by atoms with Crippen molar-refractivity contribution in [3.8, 4) is 10.4 Å². The van der Waals surface area contributed by atoms with Gasteiger partial charge in [-0.25, -0.2) is 9.37 Å². The number of nitrogens with zero attached hydrogens (tertiary/aromatic N) is 3. The summed E-state index contributed by atoms with van der Waals surface area (Å²) >= 11 is 1.42. The normalized spacial score (nSPS) is 18.6. The van der Waals surface area contributed by atoms with Crippen molar-refractivity contribution in [1.29, 1.82) is 0 Å². The van der Waals surface area contributed by atoms with Crippen LogP contribution in [0.5, 0.6) is 0 Å². The summed E-state index contributed by atoms with van der Waals surface area (Å²) in [6.45, 7) is 1.45. The molecule has 130 valence electrons. The van der Waals surface area contributed by atoms with E-state index in [1.807, 2.05) is 6.07 Å². The SMILES string of the molecule is O=C1C(=O)N(C2CCC2)CCN1Cc1ncc(-c2cccc(F)c2)s1.